The highest BCUT2D eigenvalue weighted by atomic mass is 16.6. The number of rotatable bonds is 2. The van der Waals surface area contributed by atoms with Crippen molar-refractivity contribution in [2.45, 2.75) is 5.60 Å². The Kier molecular flexibility index (Phi) is 2.58. The molecule has 1 fully saturated rings. The largest absolute Gasteiger partial charge is 0.447 e. The van der Waals surface area contributed by atoms with Crippen LogP contribution in [0.3, 0.4) is 0 Å². The zero-order valence-electron chi connectivity index (χ0n) is 8.37. The minimum absolute atomic E-state index is 0.475. The lowest BCUT2D eigenvalue weighted by atomic mass is 10.0. The third kappa shape index (κ3) is 1.94. The molecule has 1 aromatic rings. The third-order valence-corrected chi connectivity index (χ3v) is 2.24. The molecule has 1 saturated heterocycles. The Hall–Kier alpha value is -1.57. The molecule has 15 heavy (non-hydrogen) atoms. The van der Waals surface area contributed by atoms with Crippen molar-refractivity contribution in [3.05, 3.63) is 23.7 Å². The number of hydrogen-bond acceptors (Lipinski definition) is 4. The van der Waals surface area contributed by atoms with Crippen LogP contribution < -0.4 is 0 Å². The summed E-state index contributed by atoms with van der Waals surface area (Å²) in [6, 6.07) is 3.43. The van der Waals surface area contributed by atoms with Crippen LogP contribution in [0.2, 0.25) is 0 Å². The normalized spacial score (nSPS) is 17.4. The van der Waals surface area contributed by atoms with Crippen molar-refractivity contribution in [1.29, 1.82) is 5.41 Å². The maximum Gasteiger partial charge on any atom is 0.177 e. The highest BCUT2D eigenvalue weighted by molar-refractivity contribution is 5.73. The summed E-state index contributed by atoms with van der Waals surface area (Å²) in [7, 11) is 1.61. The molecular weight excluding hydrogens is 194 g/mol. The lowest BCUT2D eigenvalue weighted by Crippen LogP contribution is -2.50. The van der Waals surface area contributed by atoms with E-state index in [1.807, 2.05) is 0 Å². The van der Waals surface area contributed by atoms with Gasteiger partial charge in [-0.3, -0.25) is 0 Å². The van der Waals surface area contributed by atoms with E-state index in [1.54, 1.807) is 19.2 Å². The summed E-state index contributed by atoms with van der Waals surface area (Å²) in [5.41, 5.74) is -0.475. The summed E-state index contributed by atoms with van der Waals surface area (Å²) in [6.45, 7) is 0.989. The maximum atomic E-state index is 6.98. The fourth-order valence-corrected chi connectivity index (χ4v) is 1.20. The van der Waals surface area contributed by atoms with Crippen LogP contribution in [0.4, 0.5) is 0 Å². The van der Waals surface area contributed by atoms with Crippen molar-refractivity contribution in [1.82, 2.24) is 0 Å². The highest BCUT2D eigenvalue weighted by Gasteiger charge is 2.36. The number of methoxy groups -OCH3 is 1. The predicted molar refractivity (Wildman–Crippen MR) is 54.0 cm³/mol. The van der Waals surface area contributed by atoms with Crippen LogP contribution in [0.25, 0.3) is 0 Å². The topological polar surface area (TPSA) is 55.5 Å². The van der Waals surface area contributed by atoms with Gasteiger partial charge in [-0.2, -0.15) is 0 Å². The Labute approximate surface area is 87.7 Å². The minimum atomic E-state index is -0.475. The van der Waals surface area contributed by atoms with Crippen LogP contribution >= 0.6 is 0 Å². The number of hydrogen-bond donors (Lipinski definition) is 1. The van der Waals surface area contributed by atoms with Crippen molar-refractivity contribution in [3.63, 3.8) is 0 Å². The molecular formula is C11H11NO3. The van der Waals surface area contributed by atoms with E-state index in [0.29, 0.717) is 24.7 Å². The van der Waals surface area contributed by atoms with Crippen molar-refractivity contribution in [2.24, 2.45) is 0 Å². The molecule has 2 heterocycles. The molecule has 2 rings (SSSR count). The van der Waals surface area contributed by atoms with Crippen LogP contribution in [-0.4, -0.2) is 32.1 Å². The van der Waals surface area contributed by atoms with E-state index in [-0.39, 0.29) is 0 Å². The SMILES string of the molecule is COC1(C#Cc2ccc(C=N)o2)COC1. The van der Waals surface area contributed by atoms with E-state index in [4.69, 9.17) is 19.3 Å². The summed E-state index contributed by atoms with van der Waals surface area (Å²) in [5.74, 6) is 6.87. The summed E-state index contributed by atoms with van der Waals surface area (Å²) >= 11 is 0. The van der Waals surface area contributed by atoms with E-state index in [9.17, 15) is 0 Å². The molecule has 1 aliphatic rings. The molecule has 0 bridgehead atoms. The molecule has 1 N–H and O–H groups in total. The second-order valence-electron chi connectivity index (χ2n) is 3.29. The van der Waals surface area contributed by atoms with E-state index < -0.39 is 5.60 Å². The van der Waals surface area contributed by atoms with Gasteiger partial charge in [0.15, 0.2) is 11.4 Å². The van der Waals surface area contributed by atoms with Gasteiger partial charge in [-0.15, -0.1) is 0 Å². The lowest BCUT2D eigenvalue weighted by molar-refractivity contribution is -0.159. The average molecular weight is 205 g/mol. The van der Waals surface area contributed by atoms with Gasteiger partial charge >= 0.3 is 0 Å². The lowest BCUT2D eigenvalue weighted by Gasteiger charge is -2.34. The first-order valence-corrected chi connectivity index (χ1v) is 4.54. The monoisotopic (exact) mass is 205 g/mol. The van der Waals surface area contributed by atoms with Gasteiger partial charge in [0.2, 0.25) is 0 Å². The van der Waals surface area contributed by atoms with Gasteiger partial charge in [-0.05, 0) is 18.1 Å². The number of furan rings is 1. The van der Waals surface area contributed by atoms with Gasteiger partial charge in [-0.25, -0.2) is 0 Å². The third-order valence-electron chi connectivity index (χ3n) is 2.24. The van der Waals surface area contributed by atoms with Gasteiger partial charge in [0.25, 0.3) is 0 Å². The van der Waals surface area contributed by atoms with Crippen LogP contribution in [0.5, 0.6) is 0 Å². The Balaban J connectivity index is 2.13. The van der Waals surface area contributed by atoms with Gasteiger partial charge in [-0.1, -0.05) is 5.92 Å². The molecule has 0 saturated carbocycles. The van der Waals surface area contributed by atoms with Gasteiger partial charge in [0.05, 0.1) is 19.4 Å². The van der Waals surface area contributed by atoms with E-state index in [1.165, 1.54) is 0 Å². The smallest absolute Gasteiger partial charge is 0.177 e. The molecule has 0 aliphatic carbocycles. The second kappa shape index (κ2) is 3.89. The molecule has 78 valence electrons. The van der Waals surface area contributed by atoms with Crippen molar-refractivity contribution in [3.8, 4) is 11.8 Å². The fourth-order valence-electron chi connectivity index (χ4n) is 1.20. The molecule has 1 aromatic heterocycles. The molecule has 0 aromatic carbocycles. The zero-order chi connectivity index (χ0) is 10.7. The summed E-state index contributed by atoms with van der Waals surface area (Å²) in [6.07, 6.45) is 1.14. The molecule has 0 unspecified atom stereocenters. The molecule has 1 aliphatic heterocycles. The fraction of sp³-hybridized carbons (Fsp3) is 0.364. The first-order chi connectivity index (χ1) is 7.28. The molecule has 0 radical (unpaired) electrons. The molecule has 4 heteroatoms. The van der Waals surface area contributed by atoms with E-state index in [0.717, 1.165) is 6.21 Å². The van der Waals surface area contributed by atoms with Crippen LogP contribution in [0.15, 0.2) is 16.5 Å². The standard InChI is InChI=1S/C11H11NO3/c1-13-11(7-14-8-11)5-4-9-2-3-10(6-12)15-9/h2-3,6,12H,7-8H2,1H3. The summed E-state index contributed by atoms with van der Waals surface area (Å²) in [5, 5.41) is 6.98. The highest BCUT2D eigenvalue weighted by Crippen LogP contribution is 2.19. The Morgan fingerprint density at radius 2 is 2.33 bits per heavy atom. The van der Waals surface area contributed by atoms with Crippen LogP contribution in [0, 0.1) is 17.3 Å². The van der Waals surface area contributed by atoms with Crippen molar-refractivity contribution < 1.29 is 13.9 Å². The maximum absolute atomic E-state index is 6.98. The minimum Gasteiger partial charge on any atom is -0.447 e. The predicted octanol–water partition coefficient (Wildman–Crippen LogP) is 1.04. The molecule has 4 nitrogen and oxygen atoms in total. The number of nitrogens with one attached hydrogen (secondary N) is 1. The molecule has 0 amide bonds. The van der Waals surface area contributed by atoms with Gasteiger partial charge in [0, 0.05) is 7.11 Å². The van der Waals surface area contributed by atoms with Crippen molar-refractivity contribution in [2.75, 3.05) is 20.3 Å². The van der Waals surface area contributed by atoms with Crippen LogP contribution in [0.1, 0.15) is 11.5 Å². The van der Waals surface area contributed by atoms with E-state index >= 15 is 0 Å². The zero-order valence-corrected chi connectivity index (χ0v) is 8.37. The first-order valence-electron chi connectivity index (χ1n) is 4.54. The molecule has 0 spiro atoms. The Morgan fingerprint density at radius 3 is 2.80 bits per heavy atom. The van der Waals surface area contributed by atoms with Gasteiger partial charge in [0.1, 0.15) is 5.76 Å². The van der Waals surface area contributed by atoms with Crippen molar-refractivity contribution >= 4 is 6.21 Å². The second-order valence-corrected chi connectivity index (χ2v) is 3.29. The van der Waals surface area contributed by atoms with Crippen LogP contribution in [-0.2, 0) is 9.47 Å². The summed E-state index contributed by atoms with van der Waals surface area (Å²) < 4.78 is 15.5. The quantitative estimate of drug-likeness (QED) is 0.579. The number of ether oxygens (including phenoxy) is 2. The van der Waals surface area contributed by atoms with Gasteiger partial charge < -0.3 is 19.3 Å². The average Bonchev–Trinajstić information content (AvgIpc) is 2.65. The Morgan fingerprint density at radius 1 is 1.53 bits per heavy atom. The van der Waals surface area contributed by atoms with E-state index in [2.05, 4.69) is 11.8 Å². The first kappa shape index (κ1) is 9.97. The summed E-state index contributed by atoms with van der Waals surface area (Å²) in [4.78, 5) is 0. The molecule has 0 atom stereocenters. The Bertz CT molecular complexity index is 415.